The van der Waals surface area contributed by atoms with Crippen LogP contribution in [0.15, 0.2) is 18.5 Å². The van der Waals surface area contributed by atoms with E-state index in [0.717, 1.165) is 64.4 Å². The molecule has 2 heterocycles. The van der Waals surface area contributed by atoms with Gasteiger partial charge in [-0.1, -0.05) is 13.8 Å². The molecule has 1 aromatic heterocycles. The maximum Gasteiger partial charge on any atom is 0.225 e. The molecule has 0 saturated carbocycles. The van der Waals surface area contributed by atoms with E-state index in [9.17, 15) is 4.79 Å². The molecule has 1 aliphatic heterocycles. The van der Waals surface area contributed by atoms with Crippen LogP contribution in [0.25, 0.3) is 0 Å². The van der Waals surface area contributed by atoms with Crippen LogP contribution in [0.5, 0.6) is 0 Å². The molecule has 1 fully saturated rings. The van der Waals surface area contributed by atoms with Crippen LogP contribution in [-0.2, 0) is 4.79 Å². The van der Waals surface area contributed by atoms with Gasteiger partial charge in [0.2, 0.25) is 11.9 Å². The van der Waals surface area contributed by atoms with Crippen LogP contribution in [0, 0.1) is 5.92 Å². The van der Waals surface area contributed by atoms with Gasteiger partial charge in [-0.3, -0.25) is 4.79 Å². The van der Waals surface area contributed by atoms with Crippen molar-refractivity contribution in [2.45, 2.75) is 52.5 Å². The minimum atomic E-state index is 0.116. The minimum absolute atomic E-state index is 0.116. The van der Waals surface area contributed by atoms with E-state index < -0.39 is 0 Å². The lowest BCUT2D eigenvalue weighted by Gasteiger charge is -2.31. The van der Waals surface area contributed by atoms with Gasteiger partial charge in [-0.25, -0.2) is 9.97 Å². The summed E-state index contributed by atoms with van der Waals surface area (Å²) in [6, 6.07) is 2.07. The Hall–Kier alpha value is -1.69. The van der Waals surface area contributed by atoms with E-state index in [0.29, 0.717) is 0 Å². The molecule has 1 atom stereocenters. The van der Waals surface area contributed by atoms with Gasteiger partial charge in [0.1, 0.15) is 0 Å². The number of amides is 1. The molecule has 0 spiro atoms. The molecule has 0 bridgehead atoms. The largest absolute Gasteiger partial charge is 0.353 e. The summed E-state index contributed by atoms with van der Waals surface area (Å²) in [5.41, 5.74) is 0. The maximum atomic E-state index is 12.5. The third-order valence-corrected chi connectivity index (χ3v) is 5.10. The second-order valence-corrected chi connectivity index (χ2v) is 6.89. The lowest BCUT2D eigenvalue weighted by Crippen LogP contribution is -2.43. The summed E-state index contributed by atoms with van der Waals surface area (Å²) in [5, 5.41) is 3.21. The van der Waals surface area contributed by atoms with Crippen molar-refractivity contribution in [2.75, 3.05) is 37.6 Å². The van der Waals surface area contributed by atoms with Gasteiger partial charge in [0.15, 0.2) is 0 Å². The first-order chi connectivity index (χ1) is 12.1. The highest BCUT2D eigenvalue weighted by Gasteiger charge is 2.26. The van der Waals surface area contributed by atoms with Gasteiger partial charge in [0.25, 0.3) is 0 Å². The number of carbonyl (C=O) groups is 1. The predicted molar refractivity (Wildman–Crippen MR) is 102 cm³/mol. The SMILES string of the molecule is CCN(CC)CCC[C@H](C)NC(=O)C1CCN(c2ncccn2)CC1. The Labute approximate surface area is 152 Å². The molecule has 6 heteroatoms. The standard InChI is InChI=1S/C19H33N5O/c1-4-23(5-2)13-6-8-16(3)22-18(25)17-9-14-24(15-10-17)19-20-11-7-12-21-19/h7,11-12,16-17H,4-6,8-10,13-15H2,1-3H3,(H,22,25)/t16-/m0/s1. The fourth-order valence-corrected chi connectivity index (χ4v) is 3.39. The summed E-state index contributed by atoms with van der Waals surface area (Å²) in [6.45, 7) is 11.5. The van der Waals surface area contributed by atoms with E-state index in [4.69, 9.17) is 0 Å². The highest BCUT2D eigenvalue weighted by atomic mass is 16.1. The normalized spacial score (nSPS) is 16.9. The number of anilines is 1. The third-order valence-electron chi connectivity index (χ3n) is 5.10. The van der Waals surface area contributed by atoms with Crippen LogP contribution in [-0.4, -0.2) is 59.5 Å². The van der Waals surface area contributed by atoms with E-state index >= 15 is 0 Å². The van der Waals surface area contributed by atoms with Crippen molar-refractivity contribution >= 4 is 11.9 Å². The van der Waals surface area contributed by atoms with Gasteiger partial charge in [-0.15, -0.1) is 0 Å². The van der Waals surface area contributed by atoms with Gasteiger partial charge in [0, 0.05) is 37.4 Å². The number of hydrogen-bond donors (Lipinski definition) is 1. The van der Waals surface area contributed by atoms with Gasteiger partial charge < -0.3 is 15.1 Å². The van der Waals surface area contributed by atoms with Crippen molar-refractivity contribution in [3.63, 3.8) is 0 Å². The molecule has 0 unspecified atom stereocenters. The Bertz CT molecular complexity index is 498. The monoisotopic (exact) mass is 347 g/mol. The Morgan fingerprint density at radius 3 is 2.52 bits per heavy atom. The summed E-state index contributed by atoms with van der Waals surface area (Å²) in [4.78, 5) is 25.7. The molecule has 1 N–H and O–H groups in total. The second-order valence-electron chi connectivity index (χ2n) is 6.89. The summed E-state index contributed by atoms with van der Waals surface area (Å²) in [6.07, 6.45) is 7.44. The van der Waals surface area contributed by atoms with E-state index in [1.54, 1.807) is 12.4 Å². The molecule has 1 amide bonds. The number of nitrogens with zero attached hydrogens (tertiary/aromatic N) is 4. The Kier molecular flexibility index (Phi) is 8.12. The zero-order valence-corrected chi connectivity index (χ0v) is 15.9. The van der Waals surface area contributed by atoms with Crippen LogP contribution in [0.2, 0.25) is 0 Å². The quantitative estimate of drug-likeness (QED) is 0.743. The first kappa shape index (κ1) is 19.6. The molecular formula is C19H33N5O. The van der Waals surface area contributed by atoms with E-state index in [1.165, 1.54) is 0 Å². The first-order valence-electron chi connectivity index (χ1n) is 9.68. The van der Waals surface area contributed by atoms with Crippen LogP contribution in [0.3, 0.4) is 0 Å². The summed E-state index contributed by atoms with van der Waals surface area (Å²) in [5.74, 6) is 1.10. The number of rotatable bonds is 9. The Morgan fingerprint density at radius 2 is 1.92 bits per heavy atom. The molecule has 1 saturated heterocycles. The fraction of sp³-hybridized carbons (Fsp3) is 0.737. The van der Waals surface area contributed by atoms with Crippen molar-refractivity contribution < 1.29 is 4.79 Å². The van der Waals surface area contributed by atoms with Crippen LogP contribution >= 0.6 is 0 Å². The third kappa shape index (κ3) is 6.27. The average molecular weight is 348 g/mol. The summed E-state index contributed by atoms with van der Waals surface area (Å²) < 4.78 is 0. The predicted octanol–water partition coefficient (Wildman–Crippen LogP) is 2.32. The lowest BCUT2D eigenvalue weighted by atomic mass is 9.95. The zero-order chi connectivity index (χ0) is 18.1. The molecule has 0 radical (unpaired) electrons. The Balaban J connectivity index is 1.68. The van der Waals surface area contributed by atoms with Gasteiger partial charge >= 0.3 is 0 Å². The highest BCUT2D eigenvalue weighted by molar-refractivity contribution is 5.79. The number of piperidine rings is 1. The number of hydrogen-bond acceptors (Lipinski definition) is 5. The molecule has 140 valence electrons. The maximum absolute atomic E-state index is 12.5. The number of aromatic nitrogens is 2. The van der Waals surface area contributed by atoms with Gasteiger partial charge in [-0.05, 0) is 58.3 Å². The summed E-state index contributed by atoms with van der Waals surface area (Å²) in [7, 11) is 0. The van der Waals surface area contributed by atoms with Crippen molar-refractivity contribution in [1.29, 1.82) is 0 Å². The van der Waals surface area contributed by atoms with Gasteiger partial charge in [-0.2, -0.15) is 0 Å². The molecular weight excluding hydrogens is 314 g/mol. The highest BCUT2D eigenvalue weighted by Crippen LogP contribution is 2.20. The topological polar surface area (TPSA) is 61.4 Å². The molecule has 0 aromatic carbocycles. The zero-order valence-electron chi connectivity index (χ0n) is 15.9. The molecule has 2 rings (SSSR count). The van der Waals surface area contributed by atoms with Crippen molar-refractivity contribution in [2.24, 2.45) is 5.92 Å². The molecule has 0 aliphatic carbocycles. The van der Waals surface area contributed by atoms with Crippen molar-refractivity contribution in [3.05, 3.63) is 18.5 Å². The van der Waals surface area contributed by atoms with Crippen LogP contribution in [0.1, 0.15) is 46.5 Å². The van der Waals surface area contributed by atoms with E-state index in [2.05, 4.69) is 45.9 Å². The smallest absolute Gasteiger partial charge is 0.225 e. The molecule has 1 aromatic rings. The van der Waals surface area contributed by atoms with Gasteiger partial charge in [0.05, 0.1) is 0 Å². The second kappa shape index (κ2) is 10.3. The van der Waals surface area contributed by atoms with Crippen molar-refractivity contribution in [1.82, 2.24) is 20.2 Å². The van der Waals surface area contributed by atoms with Crippen molar-refractivity contribution in [3.8, 4) is 0 Å². The van der Waals surface area contributed by atoms with E-state index in [1.807, 2.05) is 6.07 Å². The molecule has 25 heavy (non-hydrogen) atoms. The minimum Gasteiger partial charge on any atom is -0.353 e. The van der Waals surface area contributed by atoms with Crippen LogP contribution < -0.4 is 10.2 Å². The first-order valence-corrected chi connectivity index (χ1v) is 9.68. The lowest BCUT2D eigenvalue weighted by molar-refractivity contribution is -0.126. The van der Waals surface area contributed by atoms with E-state index in [-0.39, 0.29) is 17.9 Å². The number of nitrogens with one attached hydrogen (secondary N) is 1. The molecule has 6 nitrogen and oxygen atoms in total. The number of carbonyl (C=O) groups excluding carboxylic acids is 1. The Morgan fingerprint density at radius 1 is 1.28 bits per heavy atom. The molecule has 1 aliphatic rings. The fourth-order valence-electron chi connectivity index (χ4n) is 3.39. The average Bonchev–Trinajstić information content (AvgIpc) is 2.66. The summed E-state index contributed by atoms with van der Waals surface area (Å²) >= 11 is 0. The van der Waals surface area contributed by atoms with Crippen LogP contribution in [0.4, 0.5) is 5.95 Å².